The molecule has 3 aromatic carbocycles. The molecule has 3 aromatic rings. The molecule has 0 saturated carbocycles. The van der Waals surface area contributed by atoms with Crippen molar-refractivity contribution in [3.8, 4) is 0 Å². The molecule has 134 valence electrons. The summed E-state index contributed by atoms with van der Waals surface area (Å²) < 4.78 is 0. The molecule has 4 rings (SSSR count). The van der Waals surface area contributed by atoms with Crippen molar-refractivity contribution in [3.63, 3.8) is 0 Å². The molecular formula is C23H27N3. The second-order valence-electron chi connectivity index (χ2n) is 7.27. The Morgan fingerprint density at radius 2 is 1.46 bits per heavy atom. The number of nitrogens with zero attached hydrogens (tertiary/aromatic N) is 2. The summed E-state index contributed by atoms with van der Waals surface area (Å²) in [6, 6.07) is 26.1. The van der Waals surface area contributed by atoms with Crippen molar-refractivity contribution < 1.29 is 0 Å². The van der Waals surface area contributed by atoms with Crippen molar-refractivity contribution >= 4 is 16.5 Å². The summed E-state index contributed by atoms with van der Waals surface area (Å²) in [4.78, 5) is 4.97. The molecule has 0 radical (unpaired) electrons. The van der Waals surface area contributed by atoms with Gasteiger partial charge in [0, 0.05) is 44.5 Å². The molecule has 0 aromatic heterocycles. The van der Waals surface area contributed by atoms with Gasteiger partial charge in [-0.3, -0.25) is 4.90 Å². The number of benzene rings is 3. The molecule has 1 aliphatic heterocycles. The third-order valence-corrected chi connectivity index (χ3v) is 5.30. The fourth-order valence-electron chi connectivity index (χ4n) is 3.89. The second kappa shape index (κ2) is 7.90. The lowest BCUT2D eigenvalue weighted by atomic mass is 10.0. The number of anilines is 1. The minimum absolute atomic E-state index is 0.180. The summed E-state index contributed by atoms with van der Waals surface area (Å²) in [6.45, 7) is 5.29. The predicted molar refractivity (Wildman–Crippen MR) is 111 cm³/mol. The van der Waals surface area contributed by atoms with Crippen LogP contribution in [-0.4, -0.2) is 43.7 Å². The largest absolute Gasteiger partial charge is 0.369 e. The highest BCUT2D eigenvalue weighted by Crippen LogP contribution is 2.18. The van der Waals surface area contributed by atoms with Gasteiger partial charge in [0.2, 0.25) is 0 Å². The van der Waals surface area contributed by atoms with Crippen molar-refractivity contribution in [3.05, 3.63) is 78.4 Å². The second-order valence-corrected chi connectivity index (χ2v) is 7.27. The Morgan fingerprint density at radius 3 is 2.23 bits per heavy atom. The third-order valence-electron chi connectivity index (χ3n) is 5.30. The molecule has 1 aliphatic rings. The lowest BCUT2D eigenvalue weighted by Gasteiger charge is -2.37. The first kappa shape index (κ1) is 17.1. The predicted octanol–water partition coefficient (Wildman–Crippen LogP) is 3.53. The van der Waals surface area contributed by atoms with Crippen molar-refractivity contribution in [2.24, 2.45) is 5.73 Å². The maximum Gasteiger partial charge on any atom is 0.0367 e. The van der Waals surface area contributed by atoms with Crippen LogP contribution in [0.25, 0.3) is 10.8 Å². The summed E-state index contributed by atoms with van der Waals surface area (Å²) in [6.07, 6.45) is 0.934. The highest BCUT2D eigenvalue weighted by atomic mass is 15.3. The summed E-state index contributed by atoms with van der Waals surface area (Å²) in [7, 11) is 0. The highest BCUT2D eigenvalue weighted by Gasteiger charge is 2.19. The lowest BCUT2D eigenvalue weighted by molar-refractivity contribution is 0.242. The van der Waals surface area contributed by atoms with E-state index in [2.05, 4.69) is 82.6 Å². The molecule has 0 aliphatic carbocycles. The monoisotopic (exact) mass is 345 g/mol. The first-order chi connectivity index (χ1) is 12.8. The van der Waals surface area contributed by atoms with Crippen LogP contribution in [0, 0.1) is 0 Å². The van der Waals surface area contributed by atoms with Crippen LogP contribution in [0.15, 0.2) is 72.8 Å². The Morgan fingerprint density at radius 1 is 0.769 bits per heavy atom. The van der Waals surface area contributed by atoms with Gasteiger partial charge in [0.1, 0.15) is 0 Å². The van der Waals surface area contributed by atoms with E-state index in [-0.39, 0.29) is 6.04 Å². The molecule has 1 fully saturated rings. The van der Waals surface area contributed by atoms with Gasteiger partial charge in [0.25, 0.3) is 0 Å². The molecule has 1 heterocycles. The molecule has 26 heavy (non-hydrogen) atoms. The Bertz CT molecular complexity index is 838. The van der Waals surface area contributed by atoms with Gasteiger partial charge in [-0.1, -0.05) is 60.7 Å². The molecule has 0 amide bonds. The van der Waals surface area contributed by atoms with Crippen molar-refractivity contribution in [1.29, 1.82) is 0 Å². The number of fused-ring (bicyclic) bond motifs is 1. The van der Waals surface area contributed by atoms with Gasteiger partial charge in [0.05, 0.1) is 0 Å². The SMILES string of the molecule is NC(Cc1ccc2ccccc2c1)CN1CCN(c2ccccc2)CC1. The fraction of sp³-hybridized carbons (Fsp3) is 0.304. The van der Waals surface area contributed by atoms with E-state index < -0.39 is 0 Å². The first-order valence-electron chi connectivity index (χ1n) is 9.53. The Kier molecular flexibility index (Phi) is 5.19. The Balaban J connectivity index is 1.30. The lowest BCUT2D eigenvalue weighted by Crippen LogP contribution is -2.50. The number of hydrogen-bond donors (Lipinski definition) is 1. The van der Waals surface area contributed by atoms with Gasteiger partial charge in [-0.15, -0.1) is 0 Å². The van der Waals surface area contributed by atoms with Gasteiger partial charge >= 0.3 is 0 Å². The van der Waals surface area contributed by atoms with Crippen LogP contribution in [0.5, 0.6) is 0 Å². The molecule has 1 saturated heterocycles. The van der Waals surface area contributed by atoms with Gasteiger partial charge in [-0.2, -0.15) is 0 Å². The van der Waals surface area contributed by atoms with Gasteiger partial charge < -0.3 is 10.6 Å². The normalized spacial score (nSPS) is 16.7. The number of hydrogen-bond acceptors (Lipinski definition) is 3. The Hall–Kier alpha value is -2.36. The van der Waals surface area contributed by atoms with E-state index in [0.29, 0.717) is 0 Å². The van der Waals surface area contributed by atoms with Crippen molar-refractivity contribution in [2.75, 3.05) is 37.6 Å². The number of para-hydroxylation sites is 1. The quantitative estimate of drug-likeness (QED) is 0.768. The van der Waals surface area contributed by atoms with Crippen LogP contribution >= 0.6 is 0 Å². The van der Waals surface area contributed by atoms with Gasteiger partial charge in [-0.05, 0) is 34.9 Å². The van der Waals surface area contributed by atoms with E-state index in [0.717, 1.165) is 39.1 Å². The molecule has 2 N–H and O–H groups in total. The van der Waals surface area contributed by atoms with Crippen LogP contribution in [0.3, 0.4) is 0 Å². The molecule has 0 bridgehead atoms. The summed E-state index contributed by atoms with van der Waals surface area (Å²) in [5.74, 6) is 0. The summed E-state index contributed by atoms with van der Waals surface area (Å²) in [5, 5.41) is 2.59. The van der Waals surface area contributed by atoms with Crippen LogP contribution in [-0.2, 0) is 6.42 Å². The van der Waals surface area contributed by atoms with E-state index in [1.165, 1.54) is 22.0 Å². The van der Waals surface area contributed by atoms with Crippen LogP contribution in [0.4, 0.5) is 5.69 Å². The average molecular weight is 345 g/mol. The van der Waals surface area contributed by atoms with E-state index >= 15 is 0 Å². The molecule has 3 nitrogen and oxygen atoms in total. The van der Waals surface area contributed by atoms with Gasteiger partial charge in [0.15, 0.2) is 0 Å². The minimum Gasteiger partial charge on any atom is -0.369 e. The number of nitrogens with two attached hydrogens (primary N) is 1. The zero-order chi connectivity index (χ0) is 17.8. The van der Waals surface area contributed by atoms with E-state index in [1.54, 1.807) is 0 Å². The molecule has 0 spiro atoms. The summed E-state index contributed by atoms with van der Waals surface area (Å²) >= 11 is 0. The van der Waals surface area contributed by atoms with E-state index in [4.69, 9.17) is 5.73 Å². The zero-order valence-electron chi connectivity index (χ0n) is 15.2. The fourth-order valence-corrected chi connectivity index (χ4v) is 3.89. The minimum atomic E-state index is 0.180. The van der Waals surface area contributed by atoms with Gasteiger partial charge in [-0.25, -0.2) is 0 Å². The Labute approximate surface area is 156 Å². The highest BCUT2D eigenvalue weighted by molar-refractivity contribution is 5.83. The average Bonchev–Trinajstić information content (AvgIpc) is 2.69. The number of rotatable bonds is 5. The van der Waals surface area contributed by atoms with E-state index in [1.807, 2.05) is 0 Å². The molecule has 1 atom stereocenters. The maximum absolute atomic E-state index is 6.47. The van der Waals surface area contributed by atoms with Crippen LogP contribution in [0.1, 0.15) is 5.56 Å². The first-order valence-corrected chi connectivity index (χ1v) is 9.53. The standard InChI is InChI=1S/C23H27N3/c24-22(17-19-10-11-20-6-4-5-7-21(20)16-19)18-25-12-14-26(15-13-25)23-8-2-1-3-9-23/h1-11,16,22H,12-15,17-18,24H2. The zero-order valence-corrected chi connectivity index (χ0v) is 15.2. The van der Waals surface area contributed by atoms with Crippen LogP contribution in [0.2, 0.25) is 0 Å². The van der Waals surface area contributed by atoms with E-state index in [9.17, 15) is 0 Å². The van der Waals surface area contributed by atoms with Crippen molar-refractivity contribution in [1.82, 2.24) is 4.90 Å². The van der Waals surface area contributed by atoms with Crippen LogP contribution < -0.4 is 10.6 Å². The number of piperazine rings is 1. The smallest absolute Gasteiger partial charge is 0.0367 e. The molecule has 1 unspecified atom stereocenters. The maximum atomic E-state index is 6.47. The molecule has 3 heteroatoms. The third kappa shape index (κ3) is 4.06. The van der Waals surface area contributed by atoms with Crippen molar-refractivity contribution in [2.45, 2.75) is 12.5 Å². The summed E-state index contributed by atoms with van der Waals surface area (Å²) in [5.41, 5.74) is 9.13. The molecular weight excluding hydrogens is 318 g/mol. The topological polar surface area (TPSA) is 32.5 Å².